The average molecular weight is 322 g/mol. The van der Waals surface area contributed by atoms with Gasteiger partial charge < -0.3 is 5.32 Å². The van der Waals surface area contributed by atoms with Gasteiger partial charge in [-0.25, -0.2) is 9.97 Å². The van der Waals surface area contributed by atoms with E-state index in [1.807, 2.05) is 23.7 Å². The third-order valence-electron chi connectivity index (χ3n) is 3.01. The zero-order valence-corrected chi connectivity index (χ0v) is 12.5. The van der Waals surface area contributed by atoms with E-state index in [-0.39, 0.29) is 11.2 Å². The summed E-state index contributed by atoms with van der Waals surface area (Å²) >= 11 is 7.18. The van der Waals surface area contributed by atoms with Crippen molar-refractivity contribution in [3.8, 4) is 0 Å². The highest BCUT2D eigenvalue weighted by atomic mass is 35.5. The van der Waals surface area contributed by atoms with Crippen molar-refractivity contribution in [1.82, 2.24) is 25.5 Å². The fourth-order valence-electron chi connectivity index (χ4n) is 1.98. The fraction of sp³-hybridized carbons (Fsp3) is 0.231. The molecule has 0 saturated heterocycles. The number of fused-ring (bicyclic) bond motifs is 1. The van der Waals surface area contributed by atoms with Crippen LogP contribution in [0.4, 0.5) is 0 Å². The Balaban J connectivity index is 1.55. The van der Waals surface area contributed by atoms with Gasteiger partial charge in [-0.15, -0.1) is 16.4 Å². The number of aromatic amines is 1. The highest BCUT2D eigenvalue weighted by Gasteiger charge is 2.07. The molecule has 2 N–H and O–H groups in total. The van der Waals surface area contributed by atoms with Crippen molar-refractivity contribution in [2.24, 2.45) is 0 Å². The number of carbonyl (C=O) groups excluding carboxylic acids is 1. The second-order valence-corrected chi connectivity index (χ2v) is 5.64. The van der Waals surface area contributed by atoms with Crippen molar-refractivity contribution in [1.29, 1.82) is 0 Å². The number of hydrogen-bond donors (Lipinski definition) is 2. The van der Waals surface area contributed by atoms with Gasteiger partial charge >= 0.3 is 0 Å². The minimum Gasteiger partial charge on any atom is -0.352 e. The predicted octanol–water partition coefficient (Wildman–Crippen LogP) is 2.32. The molecule has 0 spiro atoms. The van der Waals surface area contributed by atoms with Crippen LogP contribution < -0.4 is 5.32 Å². The van der Waals surface area contributed by atoms with Crippen molar-refractivity contribution in [2.75, 3.05) is 0 Å². The summed E-state index contributed by atoms with van der Waals surface area (Å²) in [4.78, 5) is 20.1. The van der Waals surface area contributed by atoms with E-state index in [2.05, 4.69) is 25.5 Å². The van der Waals surface area contributed by atoms with E-state index >= 15 is 0 Å². The average Bonchev–Trinajstić information content (AvgIpc) is 3.11. The van der Waals surface area contributed by atoms with Gasteiger partial charge in [-0.2, -0.15) is 0 Å². The molecular weight excluding hydrogens is 310 g/mol. The van der Waals surface area contributed by atoms with Crippen molar-refractivity contribution >= 4 is 39.1 Å². The van der Waals surface area contributed by atoms with Gasteiger partial charge in [0.15, 0.2) is 0 Å². The largest absolute Gasteiger partial charge is 0.352 e. The molecule has 0 aliphatic rings. The monoisotopic (exact) mass is 321 g/mol. The normalized spacial score (nSPS) is 10.9. The minimum atomic E-state index is -0.0379. The number of aromatic nitrogens is 4. The molecule has 3 rings (SSSR count). The van der Waals surface area contributed by atoms with Gasteiger partial charge in [-0.3, -0.25) is 9.89 Å². The Morgan fingerprint density at radius 3 is 3.14 bits per heavy atom. The molecule has 108 valence electrons. The Hall–Kier alpha value is -1.99. The number of aryl methyl sites for hydroxylation is 1. The number of nitrogens with one attached hydrogen (secondary N) is 2. The van der Waals surface area contributed by atoms with E-state index in [4.69, 9.17) is 11.6 Å². The van der Waals surface area contributed by atoms with Crippen LogP contribution >= 0.6 is 22.9 Å². The van der Waals surface area contributed by atoms with Crippen molar-refractivity contribution < 1.29 is 4.79 Å². The van der Waals surface area contributed by atoms with E-state index in [1.54, 1.807) is 11.3 Å². The van der Waals surface area contributed by atoms with Crippen LogP contribution in [0.1, 0.15) is 17.8 Å². The molecule has 0 radical (unpaired) electrons. The van der Waals surface area contributed by atoms with Crippen LogP contribution in [-0.2, 0) is 17.8 Å². The molecule has 0 fully saturated rings. The summed E-state index contributed by atoms with van der Waals surface area (Å²) in [7, 11) is 0. The zero-order valence-electron chi connectivity index (χ0n) is 11.0. The Bertz CT molecular complexity index is 769. The number of halogens is 1. The number of carbonyl (C=O) groups is 1. The highest BCUT2D eigenvalue weighted by molar-refractivity contribution is 7.16. The first-order chi connectivity index (χ1) is 10.2. The van der Waals surface area contributed by atoms with Crippen LogP contribution in [0.2, 0.25) is 5.28 Å². The van der Waals surface area contributed by atoms with Gasteiger partial charge in [0.1, 0.15) is 5.82 Å². The summed E-state index contributed by atoms with van der Waals surface area (Å²) in [6.45, 7) is 0.496. The molecule has 3 aromatic rings. The lowest BCUT2D eigenvalue weighted by atomic mass is 10.2. The van der Waals surface area contributed by atoms with Gasteiger partial charge in [0.2, 0.25) is 11.2 Å². The van der Waals surface area contributed by atoms with Crippen LogP contribution in [0, 0.1) is 0 Å². The first kappa shape index (κ1) is 14.0. The number of thiazole rings is 1. The topological polar surface area (TPSA) is 83.6 Å². The molecule has 0 bridgehead atoms. The number of H-pyrrole nitrogens is 1. The second kappa shape index (κ2) is 6.19. The lowest BCUT2D eigenvalue weighted by molar-refractivity contribution is -0.121. The minimum absolute atomic E-state index is 0.0379. The molecule has 1 amide bonds. The summed E-state index contributed by atoms with van der Waals surface area (Å²) in [6.07, 6.45) is 0.820. The first-order valence-corrected chi connectivity index (χ1v) is 7.63. The van der Waals surface area contributed by atoms with Gasteiger partial charge in [-0.05, 0) is 23.2 Å². The summed E-state index contributed by atoms with van der Waals surface area (Å²) in [5.41, 5.74) is 3.85. The number of rotatable bonds is 5. The smallest absolute Gasteiger partial charge is 0.242 e. The Morgan fingerprint density at radius 1 is 1.43 bits per heavy atom. The number of amides is 1. The first-order valence-electron chi connectivity index (χ1n) is 6.37. The molecule has 1 aromatic carbocycles. The number of hydrogen-bond acceptors (Lipinski definition) is 5. The Labute approximate surface area is 129 Å². The highest BCUT2D eigenvalue weighted by Crippen LogP contribution is 2.21. The van der Waals surface area contributed by atoms with Crippen molar-refractivity contribution in [2.45, 2.75) is 19.4 Å². The van der Waals surface area contributed by atoms with E-state index in [0.717, 1.165) is 15.8 Å². The van der Waals surface area contributed by atoms with E-state index in [9.17, 15) is 4.79 Å². The Morgan fingerprint density at radius 2 is 2.33 bits per heavy atom. The molecule has 0 atom stereocenters. The standard InChI is InChI=1S/C13H12ClN5OS/c14-13-17-10(18-19-13)4-5-11(20)15-6-8-2-1-3-9-12(8)21-7-16-9/h1-3,7H,4-6H2,(H,15,20)(H,17,18,19). The predicted molar refractivity (Wildman–Crippen MR) is 81.2 cm³/mol. The van der Waals surface area contributed by atoms with Gasteiger partial charge in [0, 0.05) is 19.4 Å². The maximum absolute atomic E-state index is 11.9. The second-order valence-electron chi connectivity index (χ2n) is 4.45. The molecule has 2 heterocycles. The van der Waals surface area contributed by atoms with Crippen LogP contribution in [0.5, 0.6) is 0 Å². The maximum Gasteiger partial charge on any atom is 0.242 e. The molecule has 0 aliphatic heterocycles. The third-order valence-corrected chi connectivity index (χ3v) is 4.09. The van der Waals surface area contributed by atoms with Crippen LogP contribution in [0.3, 0.4) is 0 Å². The number of nitrogens with zero attached hydrogens (tertiary/aromatic N) is 3. The molecule has 21 heavy (non-hydrogen) atoms. The summed E-state index contributed by atoms with van der Waals surface area (Å²) < 4.78 is 1.11. The third kappa shape index (κ3) is 3.37. The maximum atomic E-state index is 11.9. The molecule has 6 nitrogen and oxygen atoms in total. The molecule has 0 aliphatic carbocycles. The number of benzene rings is 1. The van der Waals surface area contributed by atoms with E-state index in [0.29, 0.717) is 25.2 Å². The van der Waals surface area contributed by atoms with Gasteiger partial charge in [0.25, 0.3) is 0 Å². The van der Waals surface area contributed by atoms with Gasteiger partial charge in [0.05, 0.1) is 15.7 Å². The quantitative estimate of drug-likeness (QED) is 0.755. The molecule has 0 unspecified atom stereocenters. The zero-order chi connectivity index (χ0) is 14.7. The van der Waals surface area contributed by atoms with Crippen molar-refractivity contribution in [3.63, 3.8) is 0 Å². The SMILES string of the molecule is O=C(CCc1nc(Cl)n[nH]1)NCc1cccc2ncsc12. The molecule has 2 aromatic heterocycles. The van der Waals surface area contributed by atoms with E-state index < -0.39 is 0 Å². The molecule has 0 saturated carbocycles. The van der Waals surface area contributed by atoms with E-state index in [1.165, 1.54) is 0 Å². The molecule has 8 heteroatoms. The summed E-state index contributed by atoms with van der Waals surface area (Å²) in [5.74, 6) is 0.573. The van der Waals surface area contributed by atoms with Gasteiger partial charge in [-0.1, -0.05) is 12.1 Å². The fourth-order valence-corrected chi connectivity index (χ4v) is 2.93. The lowest BCUT2D eigenvalue weighted by Crippen LogP contribution is -2.23. The van der Waals surface area contributed by atoms with Crippen molar-refractivity contribution in [3.05, 3.63) is 40.4 Å². The Kier molecular flexibility index (Phi) is 4.12. The van der Waals surface area contributed by atoms with Crippen LogP contribution in [0.15, 0.2) is 23.7 Å². The van der Waals surface area contributed by atoms with Crippen LogP contribution in [0.25, 0.3) is 10.2 Å². The molecular formula is C13H12ClN5OS. The lowest BCUT2D eigenvalue weighted by Gasteiger charge is -2.05. The summed E-state index contributed by atoms with van der Waals surface area (Å²) in [5, 5.41) is 9.46. The summed E-state index contributed by atoms with van der Waals surface area (Å²) in [6, 6.07) is 5.90. The van der Waals surface area contributed by atoms with Crippen LogP contribution in [-0.4, -0.2) is 26.1 Å².